The van der Waals surface area contributed by atoms with Crippen molar-refractivity contribution in [3.8, 4) is 11.5 Å². The maximum Gasteiger partial charge on any atom is 0.278 e. The molecule has 7 heteroatoms. The maximum atomic E-state index is 11.6. The summed E-state index contributed by atoms with van der Waals surface area (Å²) in [5.41, 5.74) is 1.68. The molecule has 0 unspecified atom stereocenters. The molecule has 24 heavy (non-hydrogen) atoms. The van der Waals surface area contributed by atoms with E-state index in [1.807, 2.05) is 6.92 Å². The van der Waals surface area contributed by atoms with E-state index in [0.29, 0.717) is 23.5 Å². The molecule has 1 fully saturated rings. The van der Waals surface area contributed by atoms with E-state index in [1.165, 1.54) is 20.3 Å². The second kappa shape index (κ2) is 8.12. The van der Waals surface area contributed by atoms with E-state index in [2.05, 4.69) is 16.8 Å². The summed E-state index contributed by atoms with van der Waals surface area (Å²) >= 11 is 0. The fourth-order valence-electron chi connectivity index (χ4n) is 3.07. The van der Waals surface area contributed by atoms with E-state index in [4.69, 9.17) is 9.47 Å². The van der Waals surface area contributed by atoms with Gasteiger partial charge in [0.25, 0.3) is 5.69 Å². The molecule has 0 spiro atoms. The quantitative estimate of drug-likeness (QED) is 0.469. The number of nitro groups is 1. The molecule has 0 bridgehead atoms. The second-order valence-corrected chi connectivity index (χ2v) is 5.99. The summed E-state index contributed by atoms with van der Waals surface area (Å²) in [5, 5.41) is 14.9. The van der Waals surface area contributed by atoms with Crippen LogP contribution in [-0.4, -0.2) is 50.2 Å². The Morgan fingerprint density at radius 3 is 2.42 bits per heavy atom. The fourth-order valence-corrected chi connectivity index (χ4v) is 3.07. The molecule has 1 heterocycles. The van der Waals surface area contributed by atoms with E-state index in [-0.39, 0.29) is 16.7 Å². The second-order valence-electron chi connectivity index (χ2n) is 5.99. The van der Waals surface area contributed by atoms with Gasteiger partial charge in [0, 0.05) is 32.2 Å². The van der Waals surface area contributed by atoms with Crippen LogP contribution in [0.1, 0.15) is 24.9 Å². The van der Waals surface area contributed by atoms with Crippen LogP contribution < -0.4 is 14.8 Å². The average Bonchev–Trinajstić information content (AvgIpc) is 2.59. The molecule has 1 aliphatic heterocycles. The van der Waals surface area contributed by atoms with Gasteiger partial charge in [-0.3, -0.25) is 15.0 Å². The van der Waals surface area contributed by atoms with Crippen molar-refractivity contribution in [1.29, 1.82) is 0 Å². The first-order valence-corrected chi connectivity index (χ1v) is 7.97. The first-order valence-electron chi connectivity index (χ1n) is 7.97. The minimum atomic E-state index is -0.356. The number of benzene rings is 1. The zero-order chi connectivity index (χ0) is 17.7. The van der Waals surface area contributed by atoms with E-state index < -0.39 is 0 Å². The lowest BCUT2D eigenvalue weighted by Crippen LogP contribution is -2.45. The Kier molecular flexibility index (Phi) is 6.16. The van der Waals surface area contributed by atoms with Crippen molar-refractivity contribution in [2.75, 3.05) is 40.4 Å². The number of ether oxygens (including phenoxy) is 2. The van der Waals surface area contributed by atoms with Crippen LogP contribution >= 0.6 is 0 Å². The Morgan fingerprint density at radius 1 is 1.33 bits per heavy atom. The number of methoxy groups -OCH3 is 2. The third kappa shape index (κ3) is 4.04. The van der Waals surface area contributed by atoms with Crippen molar-refractivity contribution in [3.05, 3.63) is 40.0 Å². The monoisotopic (exact) mass is 335 g/mol. The third-order valence-electron chi connectivity index (χ3n) is 4.22. The number of rotatable bonds is 7. The summed E-state index contributed by atoms with van der Waals surface area (Å²) in [6.45, 7) is 9.36. The molecule has 1 aromatic carbocycles. The summed E-state index contributed by atoms with van der Waals surface area (Å²) in [6, 6.07) is 3.07. The predicted octanol–water partition coefficient (Wildman–Crippen LogP) is 2.52. The molecule has 1 aliphatic rings. The first-order chi connectivity index (χ1) is 11.5. The summed E-state index contributed by atoms with van der Waals surface area (Å²) < 4.78 is 10.6. The van der Waals surface area contributed by atoms with E-state index in [1.54, 1.807) is 6.07 Å². The van der Waals surface area contributed by atoms with Gasteiger partial charge in [-0.15, -0.1) is 6.58 Å². The molecule has 1 saturated heterocycles. The van der Waals surface area contributed by atoms with Gasteiger partial charge >= 0.3 is 0 Å². The van der Waals surface area contributed by atoms with Gasteiger partial charge in [-0.1, -0.05) is 5.57 Å². The first kappa shape index (κ1) is 18.2. The van der Waals surface area contributed by atoms with E-state index in [9.17, 15) is 10.1 Å². The van der Waals surface area contributed by atoms with Gasteiger partial charge in [0.1, 0.15) is 0 Å². The molecule has 0 radical (unpaired) electrons. The Balaban J connectivity index is 2.53. The van der Waals surface area contributed by atoms with Gasteiger partial charge in [0.2, 0.25) is 0 Å². The van der Waals surface area contributed by atoms with Crippen LogP contribution in [0.3, 0.4) is 0 Å². The molecule has 1 aromatic rings. The number of piperazine rings is 1. The van der Waals surface area contributed by atoms with E-state index >= 15 is 0 Å². The standard InChI is InChI=1S/C17H25N3O4/c1-12(2)9-14(19-7-5-18-6-8-19)13-10-16(23-3)17(24-4)11-15(13)20(21)22/h10-11,14,18H,1,5-9H2,2-4H3/t14-/m0/s1. The SMILES string of the molecule is C=C(C)C[C@@H](c1cc(OC)c(OC)cc1[N+](=O)[O-])N1CCNCC1. The molecule has 0 aliphatic carbocycles. The molecule has 1 atom stereocenters. The zero-order valence-electron chi connectivity index (χ0n) is 14.5. The lowest BCUT2D eigenvalue weighted by atomic mass is 9.95. The Bertz CT molecular complexity index is 612. The third-order valence-corrected chi connectivity index (χ3v) is 4.22. The highest BCUT2D eigenvalue weighted by Gasteiger charge is 2.30. The van der Waals surface area contributed by atoms with Crippen LogP contribution in [0.2, 0.25) is 0 Å². The summed E-state index contributed by atoms with van der Waals surface area (Å²) in [6.07, 6.45) is 0.663. The van der Waals surface area contributed by atoms with Crippen LogP contribution in [-0.2, 0) is 0 Å². The minimum absolute atomic E-state index is 0.0532. The molecule has 132 valence electrons. The highest BCUT2D eigenvalue weighted by Crippen LogP contribution is 2.41. The average molecular weight is 335 g/mol. The van der Waals surface area contributed by atoms with Crippen molar-refractivity contribution < 1.29 is 14.4 Å². The number of nitrogens with one attached hydrogen (secondary N) is 1. The molecular formula is C17H25N3O4. The van der Waals surface area contributed by atoms with Gasteiger partial charge in [0.05, 0.1) is 30.8 Å². The predicted molar refractivity (Wildman–Crippen MR) is 92.8 cm³/mol. The normalized spacial score (nSPS) is 16.5. The van der Waals surface area contributed by atoms with Gasteiger partial charge in [-0.25, -0.2) is 0 Å². The van der Waals surface area contributed by atoms with Crippen molar-refractivity contribution in [2.24, 2.45) is 0 Å². The smallest absolute Gasteiger partial charge is 0.278 e. The summed E-state index contributed by atoms with van der Waals surface area (Å²) in [7, 11) is 3.01. The van der Waals surface area contributed by atoms with Crippen LogP contribution in [0.5, 0.6) is 11.5 Å². The Labute approximate surface area is 142 Å². The molecule has 0 aromatic heterocycles. The van der Waals surface area contributed by atoms with Crippen molar-refractivity contribution >= 4 is 5.69 Å². The number of hydrogen-bond donors (Lipinski definition) is 1. The Hall–Kier alpha value is -2.12. The van der Waals surface area contributed by atoms with Gasteiger partial charge < -0.3 is 14.8 Å². The molecule has 0 amide bonds. The topological polar surface area (TPSA) is 76.9 Å². The highest BCUT2D eigenvalue weighted by atomic mass is 16.6. The molecule has 1 N–H and O–H groups in total. The number of nitro benzene ring substituents is 1. The lowest BCUT2D eigenvalue weighted by Gasteiger charge is -2.35. The fraction of sp³-hybridized carbons (Fsp3) is 0.529. The van der Waals surface area contributed by atoms with Crippen molar-refractivity contribution in [3.63, 3.8) is 0 Å². The van der Waals surface area contributed by atoms with E-state index in [0.717, 1.165) is 31.8 Å². The van der Waals surface area contributed by atoms with Crippen LogP contribution in [0.15, 0.2) is 24.3 Å². The van der Waals surface area contributed by atoms with Crippen LogP contribution in [0.4, 0.5) is 5.69 Å². The van der Waals surface area contributed by atoms with Gasteiger partial charge in [0.15, 0.2) is 11.5 Å². The number of nitrogens with zero attached hydrogens (tertiary/aromatic N) is 2. The highest BCUT2D eigenvalue weighted by molar-refractivity contribution is 5.55. The van der Waals surface area contributed by atoms with Crippen molar-refractivity contribution in [1.82, 2.24) is 10.2 Å². The van der Waals surface area contributed by atoms with Gasteiger partial charge in [-0.05, 0) is 19.4 Å². The molecule has 7 nitrogen and oxygen atoms in total. The minimum Gasteiger partial charge on any atom is -0.493 e. The zero-order valence-corrected chi connectivity index (χ0v) is 14.5. The van der Waals surface area contributed by atoms with Crippen LogP contribution in [0, 0.1) is 10.1 Å². The number of hydrogen-bond acceptors (Lipinski definition) is 6. The van der Waals surface area contributed by atoms with Gasteiger partial charge in [-0.2, -0.15) is 0 Å². The lowest BCUT2D eigenvalue weighted by molar-refractivity contribution is -0.386. The molecule has 2 rings (SSSR count). The molecule has 0 saturated carbocycles. The summed E-state index contributed by atoms with van der Waals surface area (Å²) in [4.78, 5) is 13.5. The summed E-state index contributed by atoms with van der Waals surface area (Å²) in [5.74, 6) is 0.863. The molecular weight excluding hydrogens is 310 g/mol. The largest absolute Gasteiger partial charge is 0.493 e. The van der Waals surface area contributed by atoms with Crippen LogP contribution in [0.25, 0.3) is 0 Å². The van der Waals surface area contributed by atoms with Crippen molar-refractivity contribution in [2.45, 2.75) is 19.4 Å². The maximum absolute atomic E-state index is 11.6. The Morgan fingerprint density at radius 2 is 1.92 bits per heavy atom.